The van der Waals surface area contributed by atoms with Crippen LogP contribution in [0.1, 0.15) is 43.4 Å². The third kappa shape index (κ3) is 2.73. The monoisotopic (exact) mass is 188 g/mol. The fourth-order valence-electron chi connectivity index (χ4n) is 1.84. The molecular weight excluding hydrogens is 168 g/mol. The van der Waals surface area contributed by atoms with Crippen LogP contribution in [0, 0.1) is 6.92 Å². The van der Waals surface area contributed by atoms with Crippen LogP contribution in [0.4, 0.5) is 0 Å². The topological polar surface area (TPSA) is 0 Å². The lowest BCUT2D eigenvalue weighted by Gasteiger charge is -2.11. The van der Waals surface area contributed by atoms with Crippen molar-refractivity contribution in [3.05, 3.63) is 47.0 Å². The molecule has 14 heavy (non-hydrogen) atoms. The summed E-state index contributed by atoms with van der Waals surface area (Å²) in [4.78, 5) is 0. The molecule has 0 nitrogen and oxygen atoms in total. The van der Waals surface area contributed by atoms with Crippen molar-refractivity contribution in [3.63, 3.8) is 0 Å². The first kappa shape index (κ1) is 11.0. The highest BCUT2D eigenvalue weighted by Gasteiger charge is 2.03. The molecule has 0 amide bonds. The van der Waals surface area contributed by atoms with Gasteiger partial charge in [-0.1, -0.05) is 44.2 Å². The largest absolute Gasteiger partial charge is 0.0998 e. The average molecular weight is 188 g/mol. The SMILES string of the molecule is C=C(C)Cc1ccc(C(C)C)c(C)c1. The fourth-order valence-corrected chi connectivity index (χ4v) is 1.84. The zero-order valence-electron chi connectivity index (χ0n) is 9.72. The second-order valence-corrected chi connectivity index (χ2v) is 4.48. The zero-order chi connectivity index (χ0) is 10.7. The Morgan fingerprint density at radius 1 is 1.36 bits per heavy atom. The van der Waals surface area contributed by atoms with Crippen molar-refractivity contribution in [2.24, 2.45) is 0 Å². The molecule has 0 N–H and O–H groups in total. The van der Waals surface area contributed by atoms with Gasteiger partial charge in [-0.05, 0) is 42.9 Å². The van der Waals surface area contributed by atoms with Crippen LogP contribution in [0.15, 0.2) is 30.4 Å². The molecule has 0 saturated heterocycles. The molecule has 0 unspecified atom stereocenters. The van der Waals surface area contributed by atoms with Gasteiger partial charge in [-0.2, -0.15) is 0 Å². The Labute approximate surface area is 87.7 Å². The molecule has 0 heteroatoms. The molecule has 0 fully saturated rings. The minimum absolute atomic E-state index is 0.619. The van der Waals surface area contributed by atoms with Gasteiger partial charge in [-0.15, -0.1) is 0 Å². The predicted molar refractivity (Wildman–Crippen MR) is 63.8 cm³/mol. The molecule has 0 aromatic heterocycles. The number of allylic oxidation sites excluding steroid dienone is 1. The minimum Gasteiger partial charge on any atom is -0.0998 e. The second kappa shape index (κ2) is 4.45. The average Bonchev–Trinajstić information content (AvgIpc) is 2.01. The summed E-state index contributed by atoms with van der Waals surface area (Å²) in [6, 6.07) is 6.75. The Kier molecular flexibility index (Phi) is 3.51. The molecule has 0 aliphatic rings. The molecule has 1 rings (SSSR count). The van der Waals surface area contributed by atoms with Crippen molar-refractivity contribution in [3.8, 4) is 0 Å². The third-order valence-electron chi connectivity index (χ3n) is 2.46. The Balaban J connectivity index is 2.94. The number of hydrogen-bond acceptors (Lipinski definition) is 0. The van der Waals surface area contributed by atoms with E-state index in [4.69, 9.17) is 0 Å². The lowest BCUT2D eigenvalue weighted by Crippen LogP contribution is -1.94. The summed E-state index contributed by atoms with van der Waals surface area (Å²) >= 11 is 0. The first-order chi connectivity index (χ1) is 6.50. The minimum atomic E-state index is 0.619. The van der Waals surface area contributed by atoms with Gasteiger partial charge in [0.2, 0.25) is 0 Å². The summed E-state index contributed by atoms with van der Waals surface area (Å²) < 4.78 is 0. The summed E-state index contributed by atoms with van der Waals surface area (Å²) in [6.45, 7) is 12.7. The maximum atomic E-state index is 3.94. The van der Waals surface area contributed by atoms with Gasteiger partial charge in [0.25, 0.3) is 0 Å². The van der Waals surface area contributed by atoms with Crippen molar-refractivity contribution in [1.29, 1.82) is 0 Å². The lowest BCUT2D eigenvalue weighted by molar-refractivity contribution is 0.854. The van der Waals surface area contributed by atoms with E-state index in [0.717, 1.165) is 6.42 Å². The van der Waals surface area contributed by atoms with Gasteiger partial charge in [-0.3, -0.25) is 0 Å². The summed E-state index contributed by atoms with van der Waals surface area (Å²) in [5.41, 5.74) is 5.45. The Morgan fingerprint density at radius 3 is 2.43 bits per heavy atom. The molecule has 0 atom stereocenters. The number of hydrogen-bond donors (Lipinski definition) is 0. The van der Waals surface area contributed by atoms with E-state index in [-0.39, 0.29) is 0 Å². The second-order valence-electron chi connectivity index (χ2n) is 4.48. The number of rotatable bonds is 3. The zero-order valence-corrected chi connectivity index (χ0v) is 9.72. The van der Waals surface area contributed by atoms with Crippen molar-refractivity contribution < 1.29 is 0 Å². The molecule has 0 spiro atoms. The van der Waals surface area contributed by atoms with E-state index in [9.17, 15) is 0 Å². The molecule has 0 radical (unpaired) electrons. The van der Waals surface area contributed by atoms with Crippen molar-refractivity contribution in [2.45, 2.75) is 40.0 Å². The van der Waals surface area contributed by atoms with Gasteiger partial charge < -0.3 is 0 Å². The smallest absolute Gasteiger partial charge is 0.00725 e. The van der Waals surface area contributed by atoms with E-state index in [1.807, 2.05) is 0 Å². The van der Waals surface area contributed by atoms with Gasteiger partial charge in [0, 0.05) is 0 Å². The van der Waals surface area contributed by atoms with E-state index in [0.29, 0.717) is 5.92 Å². The van der Waals surface area contributed by atoms with E-state index < -0.39 is 0 Å². The van der Waals surface area contributed by atoms with Gasteiger partial charge in [0.15, 0.2) is 0 Å². The van der Waals surface area contributed by atoms with Gasteiger partial charge in [0.1, 0.15) is 0 Å². The summed E-state index contributed by atoms with van der Waals surface area (Å²) in [6.07, 6.45) is 0.999. The normalized spacial score (nSPS) is 10.6. The molecule has 0 heterocycles. The summed E-state index contributed by atoms with van der Waals surface area (Å²) in [5, 5.41) is 0. The molecule has 1 aromatic carbocycles. The Morgan fingerprint density at radius 2 is 2.00 bits per heavy atom. The highest BCUT2D eigenvalue weighted by Crippen LogP contribution is 2.20. The van der Waals surface area contributed by atoms with Crippen LogP contribution < -0.4 is 0 Å². The van der Waals surface area contributed by atoms with Crippen LogP contribution in [0.2, 0.25) is 0 Å². The molecule has 1 aromatic rings. The fraction of sp³-hybridized carbons (Fsp3) is 0.429. The first-order valence-electron chi connectivity index (χ1n) is 5.24. The van der Waals surface area contributed by atoms with Crippen LogP contribution in [-0.4, -0.2) is 0 Å². The molecule has 0 saturated carbocycles. The number of aryl methyl sites for hydroxylation is 1. The predicted octanol–water partition coefficient (Wildman–Crippen LogP) is 4.24. The number of benzene rings is 1. The quantitative estimate of drug-likeness (QED) is 0.622. The molecule has 76 valence electrons. The van der Waals surface area contributed by atoms with E-state index in [1.54, 1.807) is 0 Å². The summed E-state index contributed by atoms with van der Waals surface area (Å²) in [7, 11) is 0. The highest BCUT2D eigenvalue weighted by atomic mass is 14.1. The van der Waals surface area contributed by atoms with Crippen molar-refractivity contribution in [1.82, 2.24) is 0 Å². The van der Waals surface area contributed by atoms with E-state index in [1.165, 1.54) is 22.3 Å². The van der Waals surface area contributed by atoms with E-state index in [2.05, 4.69) is 52.5 Å². The molecule has 0 bridgehead atoms. The van der Waals surface area contributed by atoms with Crippen LogP contribution in [0.5, 0.6) is 0 Å². The van der Waals surface area contributed by atoms with Crippen LogP contribution in [0.25, 0.3) is 0 Å². The van der Waals surface area contributed by atoms with Crippen LogP contribution >= 0.6 is 0 Å². The van der Waals surface area contributed by atoms with Crippen molar-refractivity contribution >= 4 is 0 Å². The first-order valence-corrected chi connectivity index (χ1v) is 5.24. The van der Waals surface area contributed by atoms with E-state index >= 15 is 0 Å². The standard InChI is InChI=1S/C14H20/c1-10(2)8-13-6-7-14(11(3)4)12(5)9-13/h6-7,9,11H,1,8H2,2-5H3. The van der Waals surface area contributed by atoms with Gasteiger partial charge in [0.05, 0.1) is 0 Å². The Bertz CT molecular complexity index is 332. The molecule has 0 aliphatic carbocycles. The maximum absolute atomic E-state index is 3.94. The maximum Gasteiger partial charge on any atom is -0.00725 e. The Hall–Kier alpha value is -1.04. The molecular formula is C14H20. The van der Waals surface area contributed by atoms with Crippen LogP contribution in [0.3, 0.4) is 0 Å². The lowest BCUT2D eigenvalue weighted by atomic mass is 9.95. The highest BCUT2D eigenvalue weighted by molar-refractivity contribution is 5.34. The van der Waals surface area contributed by atoms with Crippen LogP contribution in [-0.2, 0) is 6.42 Å². The third-order valence-corrected chi connectivity index (χ3v) is 2.46. The molecule has 0 aliphatic heterocycles. The summed E-state index contributed by atoms with van der Waals surface area (Å²) in [5.74, 6) is 0.619. The van der Waals surface area contributed by atoms with Gasteiger partial charge in [-0.25, -0.2) is 0 Å². The van der Waals surface area contributed by atoms with Crippen molar-refractivity contribution in [2.75, 3.05) is 0 Å². The van der Waals surface area contributed by atoms with Gasteiger partial charge >= 0.3 is 0 Å².